The minimum atomic E-state index is -0.228. The molecule has 2 N–H and O–H groups in total. The Morgan fingerprint density at radius 3 is 2.76 bits per heavy atom. The maximum absolute atomic E-state index is 5.96. The van der Waals surface area contributed by atoms with Crippen LogP contribution in [0.3, 0.4) is 0 Å². The van der Waals surface area contributed by atoms with E-state index in [2.05, 4.69) is 15.1 Å². The van der Waals surface area contributed by atoms with Gasteiger partial charge in [0.15, 0.2) is 0 Å². The quantitative estimate of drug-likeness (QED) is 0.876. The first-order valence-corrected chi connectivity index (χ1v) is 5.59. The molecule has 0 aromatic carbocycles. The molecule has 2 heterocycles. The van der Waals surface area contributed by atoms with Crippen LogP contribution in [0, 0.1) is 12.8 Å². The molecule has 0 aliphatic rings. The molecule has 0 aliphatic heterocycles. The number of nitrogens with zero attached hydrogens (tertiary/aromatic N) is 3. The van der Waals surface area contributed by atoms with Crippen LogP contribution in [0.25, 0.3) is 11.4 Å². The maximum Gasteiger partial charge on any atom is 0.244 e. The lowest BCUT2D eigenvalue weighted by Crippen LogP contribution is -2.16. The van der Waals surface area contributed by atoms with Crippen molar-refractivity contribution in [3.8, 4) is 11.4 Å². The van der Waals surface area contributed by atoms with Crippen LogP contribution in [-0.4, -0.2) is 15.1 Å². The number of pyridine rings is 1. The van der Waals surface area contributed by atoms with Crippen molar-refractivity contribution in [2.45, 2.75) is 26.8 Å². The molecule has 2 aromatic heterocycles. The molecule has 90 valence electrons. The molecule has 17 heavy (non-hydrogen) atoms. The zero-order chi connectivity index (χ0) is 12.4. The van der Waals surface area contributed by atoms with Gasteiger partial charge in [-0.1, -0.05) is 19.0 Å². The van der Waals surface area contributed by atoms with Gasteiger partial charge in [0.25, 0.3) is 0 Å². The van der Waals surface area contributed by atoms with Gasteiger partial charge in [0.05, 0.1) is 6.04 Å². The SMILES string of the molecule is Cc1ccncc1-c1noc([C@H](N)C(C)C)n1. The van der Waals surface area contributed by atoms with Gasteiger partial charge < -0.3 is 10.3 Å². The molecule has 2 rings (SSSR count). The number of nitrogens with two attached hydrogens (primary N) is 1. The van der Waals surface area contributed by atoms with Gasteiger partial charge in [0.1, 0.15) is 0 Å². The predicted molar refractivity (Wildman–Crippen MR) is 64.0 cm³/mol. The van der Waals surface area contributed by atoms with Crippen LogP contribution >= 0.6 is 0 Å². The summed E-state index contributed by atoms with van der Waals surface area (Å²) in [6, 6.07) is 1.68. The average Bonchev–Trinajstić information content (AvgIpc) is 2.77. The van der Waals surface area contributed by atoms with Crippen molar-refractivity contribution in [1.29, 1.82) is 0 Å². The maximum atomic E-state index is 5.96. The minimum Gasteiger partial charge on any atom is -0.337 e. The van der Waals surface area contributed by atoms with E-state index in [9.17, 15) is 0 Å². The molecule has 0 saturated carbocycles. The van der Waals surface area contributed by atoms with E-state index in [0.29, 0.717) is 11.7 Å². The minimum absolute atomic E-state index is 0.228. The fourth-order valence-corrected chi connectivity index (χ4v) is 1.46. The Labute approximate surface area is 100 Å². The Bertz CT molecular complexity index is 507. The highest BCUT2D eigenvalue weighted by Gasteiger charge is 2.19. The van der Waals surface area contributed by atoms with Crippen molar-refractivity contribution in [2.75, 3.05) is 0 Å². The summed E-state index contributed by atoms with van der Waals surface area (Å²) in [4.78, 5) is 8.38. The van der Waals surface area contributed by atoms with E-state index in [4.69, 9.17) is 10.3 Å². The Morgan fingerprint density at radius 1 is 1.35 bits per heavy atom. The lowest BCUT2D eigenvalue weighted by atomic mass is 10.1. The molecule has 1 atom stereocenters. The fourth-order valence-electron chi connectivity index (χ4n) is 1.46. The van der Waals surface area contributed by atoms with E-state index in [0.717, 1.165) is 11.1 Å². The summed E-state index contributed by atoms with van der Waals surface area (Å²) < 4.78 is 5.18. The first kappa shape index (κ1) is 11.7. The lowest BCUT2D eigenvalue weighted by Gasteiger charge is -2.09. The van der Waals surface area contributed by atoms with Gasteiger partial charge in [-0.3, -0.25) is 4.98 Å². The first-order chi connectivity index (χ1) is 8.09. The van der Waals surface area contributed by atoms with Crippen LogP contribution in [0.1, 0.15) is 31.3 Å². The largest absolute Gasteiger partial charge is 0.337 e. The van der Waals surface area contributed by atoms with Crippen LogP contribution in [-0.2, 0) is 0 Å². The summed E-state index contributed by atoms with van der Waals surface area (Å²) in [7, 11) is 0. The Morgan fingerprint density at radius 2 is 2.12 bits per heavy atom. The number of hydrogen-bond donors (Lipinski definition) is 1. The van der Waals surface area contributed by atoms with Gasteiger partial charge in [-0.25, -0.2) is 0 Å². The third-order valence-electron chi connectivity index (χ3n) is 2.73. The number of rotatable bonds is 3. The van der Waals surface area contributed by atoms with Gasteiger partial charge in [-0.05, 0) is 24.5 Å². The van der Waals surface area contributed by atoms with E-state index < -0.39 is 0 Å². The normalized spacial score (nSPS) is 13.0. The first-order valence-electron chi connectivity index (χ1n) is 5.59. The highest BCUT2D eigenvalue weighted by molar-refractivity contribution is 5.57. The molecule has 0 bridgehead atoms. The topological polar surface area (TPSA) is 77.8 Å². The third kappa shape index (κ3) is 2.34. The molecule has 0 aliphatic carbocycles. The molecule has 0 saturated heterocycles. The van der Waals surface area contributed by atoms with E-state index in [1.54, 1.807) is 12.4 Å². The molecule has 2 aromatic rings. The number of hydrogen-bond acceptors (Lipinski definition) is 5. The van der Waals surface area contributed by atoms with Gasteiger partial charge in [-0.2, -0.15) is 4.98 Å². The van der Waals surface area contributed by atoms with Gasteiger partial charge in [-0.15, -0.1) is 0 Å². The summed E-state index contributed by atoms with van der Waals surface area (Å²) in [5.74, 6) is 1.28. The Balaban J connectivity index is 2.34. The molecule has 0 amide bonds. The van der Waals surface area contributed by atoms with Crippen molar-refractivity contribution < 1.29 is 4.52 Å². The van der Waals surface area contributed by atoms with Crippen molar-refractivity contribution >= 4 is 0 Å². The summed E-state index contributed by atoms with van der Waals surface area (Å²) >= 11 is 0. The third-order valence-corrected chi connectivity index (χ3v) is 2.73. The summed E-state index contributed by atoms with van der Waals surface area (Å²) in [5, 5.41) is 3.94. The number of aryl methyl sites for hydroxylation is 1. The van der Waals surface area contributed by atoms with E-state index >= 15 is 0 Å². The fraction of sp³-hybridized carbons (Fsp3) is 0.417. The molecule has 0 radical (unpaired) electrons. The smallest absolute Gasteiger partial charge is 0.244 e. The average molecular weight is 232 g/mol. The summed E-state index contributed by atoms with van der Waals surface area (Å²) in [5.41, 5.74) is 7.89. The molecule has 5 heteroatoms. The van der Waals surface area contributed by atoms with Crippen molar-refractivity contribution in [2.24, 2.45) is 11.7 Å². The van der Waals surface area contributed by atoms with Gasteiger partial charge >= 0.3 is 0 Å². The summed E-state index contributed by atoms with van der Waals surface area (Å²) in [6.07, 6.45) is 3.46. The molecular weight excluding hydrogens is 216 g/mol. The molecule has 0 unspecified atom stereocenters. The molecule has 0 spiro atoms. The van der Waals surface area contributed by atoms with E-state index in [1.807, 2.05) is 26.8 Å². The van der Waals surface area contributed by atoms with Crippen molar-refractivity contribution in [3.63, 3.8) is 0 Å². The van der Waals surface area contributed by atoms with Gasteiger partial charge in [0, 0.05) is 18.0 Å². The highest BCUT2D eigenvalue weighted by Crippen LogP contribution is 2.22. The van der Waals surface area contributed by atoms with Crippen LogP contribution in [0.2, 0.25) is 0 Å². The molecule has 0 fully saturated rings. The number of aromatic nitrogens is 3. The standard InChI is InChI=1S/C12H16N4O/c1-7(2)10(13)12-15-11(16-17-12)9-6-14-5-4-8(9)3/h4-7,10H,13H2,1-3H3/t10-/m1/s1. The van der Waals surface area contributed by atoms with Crippen molar-refractivity contribution in [3.05, 3.63) is 29.9 Å². The lowest BCUT2D eigenvalue weighted by molar-refractivity contribution is 0.325. The highest BCUT2D eigenvalue weighted by atomic mass is 16.5. The van der Waals surface area contributed by atoms with Crippen LogP contribution in [0.4, 0.5) is 0 Å². The second-order valence-electron chi connectivity index (χ2n) is 4.42. The zero-order valence-electron chi connectivity index (χ0n) is 10.2. The Hall–Kier alpha value is -1.75. The zero-order valence-corrected chi connectivity index (χ0v) is 10.2. The molecular formula is C12H16N4O. The van der Waals surface area contributed by atoms with E-state index in [1.165, 1.54) is 0 Å². The summed E-state index contributed by atoms with van der Waals surface area (Å²) in [6.45, 7) is 6.02. The van der Waals surface area contributed by atoms with E-state index in [-0.39, 0.29) is 12.0 Å². The Kier molecular flexibility index (Phi) is 3.19. The second-order valence-corrected chi connectivity index (χ2v) is 4.42. The van der Waals surface area contributed by atoms with Crippen LogP contribution < -0.4 is 5.73 Å². The monoisotopic (exact) mass is 232 g/mol. The molecule has 5 nitrogen and oxygen atoms in total. The van der Waals surface area contributed by atoms with Crippen molar-refractivity contribution in [1.82, 2.24) is 15.1 Å². The second kappa shape index (κ2) is 4.63. The van der Waals surface area contributed by atoms with Crippen LogP contribution in [0.5, 0.6) is 0 Å². The van der Waals surface area contributed by atoms with Gasteiger partial charge in [0.2, 0.25) is 11.7 Å². The predicted octanol–water partition coefficient (Wildman–Crippen LogP) is 2.10. The van der Waals surface area contributed by atoms with Crippen LogP contribution in [0.15, 0.2) is 23.0 Å².